The Hall–Kier alpha value is -1.26. The quantitative estimate of drug-likeness (QED) is 0.774. The lowest BCUT2D eigenvalue weighted by Gasteiger charge is -2.45. The maximum atomic E-state index is 12.3. The lowest BCUT2D eigenvalue weighted by molar-refractivity contribution is -0.137. The highest BCUT2D eigenvalue weighted by atomic mass is 16.4. The third kappa shape index (κ3) is 2.10. The van der Waals surface area contributed by atoms with Crippen molar-refractivity contribution in [3.63, 3.8) is 0 Å². The van der Waals surface area contributed by atoms with Gasteiger partial charge in [-0.15, -0.1) is 0 Å². The van der Waals surface area contributed by atoms with Gasteiger partial charge in [-0.25, -0.2) is 4.79 Å². The van der Waals surface area contributed by atoms with Crippen LogP contribution >= 0.6 is 0 Å². The number of likely N-dealkylation sites (tertiary alicyclic amines) is 1. The molecule has 2 amide bonds. The average Bonchev–Trinajstić information content (AvgIpc) is 2.61. The van der Waals surface area contributed by atoms with Gasteiger partial charge in [-0.2, -0.15) is 0 Å². The molecule has 0 radical (unpaired) electrons. The van der Waals surface area contributed by atoms with Crippen LogP contribution in [-0.2, 0) is 4.79 Å². The summed E-state index contributed by atoms with van der Waals surface area (Å²) in [5, 5.41) is 12.1. The number of nitrogens with zero attached hydrogens (tertiary/aromatic N) is 1. The van der Waals surface area contributed by atoms with Crippen molar-refractivity contribution < 1.29 is 14.7 Å². The molecule has 5 nitrogen and oxygen atoms in total. The van der Waals surface area contributed by atoms with E-state index >= 15 is 0 Å². The zero-order valence-electron chi connectivity index (χ0n) is 11.0. The van der Waals surface area contributed by atoms with Gasteiger partial charge in [0.15, 0.2) is 0 Å². The minimum atomic E-state index is -1.01. The second-order valence-corrected chi connectivity index (χ2v) is 5.51. The van der Waals surface area contributed by atoms with E-state index in [1.807, 2.05) is 27.7 Å². The molecule has 1 rings (SSSR count). The number of carbonyl (C=O) groups is 2. The third-order valence-corrected chi connectivity index (χ3v) is 3.57. The van der Waals surface area contributed by atoms with Gasteiger partial charge >= 0.3 is 6.09 Å². The van der Waals surface area contributed by atoms with Crippen molar-refractivity contribution in [3.8, 4) is 0 Å². The lowest BCUT2D eigenvalue weighted by Crippen LogP contribution is -2.63. The van der Waals surface area contributed by atoms with E-state index in [0.29, 0.717) is 19.5 Å². The van der Waals surface area contributed by atoms with E-state index in [0.717, 1.165) is 6.42 Å². The van der Waals surface area contributed by atoms with Crippen molar-refractivity contribution in [2.45, 2.75) is 46.1 Å². The van der Waals surface area contributed by atoms with Crippen LogP contribution in [0.4, 0.5) is 4.79 Å². The first kappa shape index (κ1) is 13.8. The normalized spacial score (nSPS) is 24.8. The van der Waals surface area contributed by atoms with Crippen LogP contribution in [0.1, 0.15) is 40.5 Å². The number of likely N-dealkylation sites (N-methyl/N-ethyl adjacent to an activating group) is 1. The molecule has 1 aliphatic rings. The number of hydrogen-bond acceptors (Lipinski definition) is 2. The molecule has 1 saturated heterocycles. The number of hydrogen-bond donors (Lipinski definition) is 2. The molecule has 0 saturated carbocycles. The molecule has 0 spiro atoms. The Labute approximate surface area is 102 Å². The molecule has 0 aliphatic carbocycles. The van der Waals surface area contributed by atoms with Crippen LogP contribution in [0.5, 0.6) is 0 Å². The number of carboxylic acid groups (broad SMARTS) is 1. The van der Waals surface area contributed by atoms with Crippen LogP contribution in [0.25, 0.3) is 0 Å². The summed E-state index contributed by atoms with van der Waals surface area (Å²) in [7, 11) is 0. The molecule has 0 aromatic rings. The fourth-order valence-corrected chi connectivity index (χ4v) is 2.74. The first-order chi connectivity index (χ1) is 7.77. The summed E-state index contributed by atoms with van der Waals surface area (Å²) < 4.78 is 0. The summed E-state index contributed by atoms with van der Waals surface area (Å²) >= 11 is 0. The van der Waals surface area contributed by atoms with Crippen molar-refractivity contribution in [1.29, 1.82) is 0 Å². The molecule has 0 aromatic carbocycles. The Morgan fingerprint density at radius 3 is 2.41 bits per heavy atom. The fraction of sp³-hybridized carbons (Fsp3) is 0.833. The smallest absolute Gasteiger partial charge is 0.408 e. The Bertz CT molecular complexity index is 322. The second kappa shape index (κ2) is 4.55. The molecule has 1 aliphatic heterocycles. The van der Waals surface area contributed by atoms with Crippen LogP contribution < -0.4 is 5.32 Å². The predicted octanol–water partition coefficient (Wildman–Crippen LogP) is 1.68. The molecule has 2 N–H and O–H groups in total. The Balaban J connectivity index is 3.19. The number of nitrogens with one attached hydrogen (secondary N) is 1. The van der Waals surface area contributed by atoms with Crippen LogP contribution in [0, 0.1) is 5.41 Å². The lowest BCUT2D eigenvalue weighted by atomic mass is 9.71. The number of carbonyl (C=O) groups excluding carboxylic acids is 1. The third-order valence-electron chi connectivity index (χ3n) is 3.57. The summed E-state index contributed by atoms with van der Waals surface area (Å²) in [5.41, 5.74) is -1.35. The van der Waals surface area contributed by atoms with Crippen LogP contribution in [0.3, 0.4) is 0 Å². The highest BCUT2D eigenvalue weighted by Crippen LogP contribution is 2.43. The van der Waals surface area contributed by atoms with Gasteiger partial charge in [0.05, 0.1) is 0 Å². The minimum absolute atomic E-state index is 0.174. The molecule has 1 heterocycles. The molecule has 17 heavy (non-hydrogen) atoms. The van der Waals surface area contributed by atoms with Crippen LogP contribution in [0.15, 0.2) is 0 Å². The topological polar surface area (TPSA) is 69.6 Å². The van der Waals surface area contributed by atoms with E-state index in [2.05, 4.69) is 5.32 Å². The standard InChI is InChI=1S/C12H22N2O3/c1-5-13-9(15)12(11(2,3)4)7-6-8-14(12)10(16)17/h5-8H2,1-4H3,(H,13,15)(H,16,17)/t12-/m0/s1. The van der Waals surface area contributed by atoms with Gasteiger partial charge in [-0.05, 0) is 25.2 Å². The summed E-state index contributed by atoms with van der Waals surface area (Å²) in [6.45, 7) is 8.55. The predicted molar refractivity (Wildman–Crippen MR) is 64.8 cm³/mol. The van der Waals surface area contributed by atoms with E-state index in [1.54, 1.807) is 0 Å². The van der Waals surface area contributed by atoms with Crippen molar-refractivity contribution in [3.05, 3.63) is 0 Å². The fourth-order valence-electron chi connectivity index (χ4n) is 2.74. The summed E-state index contributed by atoms with van der Waals surface area (Å²) in [6, 6.07) is 0. The van der Waals surface area contributed by atoms with E-state index in [4.69, 9.17) is 0 Å². The molecular formula is C12H22N2O3. The molecule has 98 valence electrons. The summed E-state index contributed by atoms with van der Waals surface area (Å²) in [6.07, 6.45) is 0.318. The maximum Gasteiger partial charge on any atom is 0.408 e. The van der Waals surface area contributed by atoms with Gasteiger partial charge in [-0.1, -0.05) is 20.8 Å². The van der Waals surface area contributed by atoms with Crippen LogP contribution in [-0.4, -0.2) is 40.6 Å². The first-order valence-electron chi connectivity index (χ1n) is 6.06. The SMILES string of the molecule is CCNC(=O)[C@]1(C(C)(C)C)CCCN1C(=O)O. The van der Waals surface area contributed by atoms with E-state index in [1.165, 1.54) is 4.90 Å². The second-order valence-electron chi connectivity index (χ2n) is 5.51. The van der Waals surface area contributed by atoms with Gasteiger partial charge in [0.2, 0.25) is 5.91 Å². The van der Waals surface area contributed by atoms with Gasteiger partial charge < -0.3 is 10.4 Å². The van der Waals surface area contributed by atoms with Crippen molar-refractivity contribution in [2.75, 3.05) is 13.1 Å². The van der Waals surface area contributed by atoms with Crippen LogP contribution in [0.2, 0.25) is 0 Å². The Kier molecular flexibility index (Phi) is 3.69. The van der Waals surface area contributed by atoms with Gasteiger partial charge in [-0.3, -0.25) is 9.69 Å². The minimum Gasteiger partial charge on any atom is -0.465 e. The molecule has 0 bridgehead atoms. The largest absolute Gasteiger partial charge is 0.465 e. The van der Waals surface area contributed by atoms with E-state index in [9.17, 15) is 14.7 Å². The number of rotatable bonds is 2. The molecule has 1 fully saturated rings. The van der Waals surface area contributed by atoms with Gasteiger partial charge in [0.1, 0.15) is 5.54 Å². The van der Waals surface area contributed by atoms with Crippen molar-refractivity contribution in [1.82, 2.24) is 10.2 Å². The van der Waals surface area contributed by atoms with Crippen molar-refractivity contribution in [2.24, 2.45) is 5.41 Å². The Morgan fingerprint density at radius 1 is 1.41 bits per heavy atom. The summed E-state index contributed by atoms with van der Waals surface area (Å²) in [5.74, 6) is -0.174. The summed E-state index contributed by atoms with van der Waals surface area (Å²) in [4.78, 5) is 24.9. The molecule has 1 atom stereocenters. The van der Waals surface area contributed by atoms with Gasteiger partial charge in [0.25, 0.3) is 0 Å². The number of amides is 2. The maximum absolute atomic E-state index is 12.3. The zero-order chi connectivity index (χ0) is 13.3. The van der Waals surface area contributed by atoms with E-state index < -0.39 is 17.0 Å². The molecular weight excluding hydrogens is 220 g/mol. The highest BCUT2D eigenvalue weighted by Gasteiger charge is 2.56. The average molecular weight is 242 g/mol. The Morgan fingerprint density at radius 2 is 2.00 bits per heavy atom. The zero-order valence-corrected chi connectivity index (χ0v) is 11.0. The molecule has 0 unspecified atom stereocenters. The van der Waals surface area contributed by atoms with Crippen molar-refractivity contribution >= 4 is 12.0 Å². The molecule has 0 aromatic heterocycles. The monoisotopic (exact) mass is 242 g/mol. The van der Waals surface area contributed by atoms with Gasteiger partial charge in [0, 0.05) is 13.1 Å². The molecule has 5 heteroatoms. The van der Waals surface area contributed by atoms with E-state index in [-0.39, 0.29) is 5.91 Å². The highest BCUT2D eigenvalue weighted by molar-refractivity contribution is 5.91. The first-order valence-corrected chi connectivity index (χ1v) is 6.06.